The van der Waals surface area contributed by atoms with Crippen LogP contribution in [0.5, 0.6) is 0 Å². The first-order valence-electron chi connectivity index (χ1n) is 8.52. The molecule has 0 unspecified atom stereocenters. The molecule has 1 saturated heterocycles. The third-order valence-corrected chi connectivity index (χ3v) is 4.86. The zero-order valence-corrected chi connectivity index (χ0v) is 13.9. The fourth-order valence-corrected chi connectivity index (χ4v) is 3.38. The van der Waals surface area contributed by atoms with Crippen LogP contribution in [0.2, 0.25) is 0 Å². The summed E-state index contributed by atoms with van der Waals surface area (Å²) >= 11 is 0. The SMILES string of the molecule is COCCCN1CCN(c2cc(C3CC(N)C3)nc(N)n2)CC1. The predicted octanol–water partition coefficient (Wildman–Crippen LogP) is 0.422. The third kappa shape index (κ3) is 4.10. The van der Waals surface area contributed by atoms with E-state index >= 15 is 0 Å². The molecule has 3 rings (SSSR count). The summed E-state index contributed by atoms with van der Waals surface area (Å²) in [6.45, 7) is 5.99. The first-order valence-corrected chi connectivity index (χ1v) is 8.52. The number of nitrogens with zero attached hydrogens (tertiary/aromatic N) is 4. The molecule has 7 nitrogen and oxygen atoms in total. The Bertz CT molecular complexity index is 511. The molecule has 1 aromatic heterocycles. The van der Waals surface area contributed by atoms with Gasteiger partial charge in [0.25, 0.3) is 0 Å². The van der Waals surface area contributed by atoms with Gasteiger partial charge in [-0.1, -0.05) is 0 Å². The van der Waals surface area contributed by atoms with Gasteiger partial charge in [0.1, 0.15) is 5.82 Å². The smallest absolute Gasteiger partial charge is 0.222 e. The van der Waals surface area contributed by atoms with Gasteiger partial charge >= 0.3 is 0 Å². The van der Waals surface area contributed by atoms with Crippen molar-refractivity contribution in [1.29, 1.82) is 0 Å². The van der Waals surface area contributed by atoms with Gasteiger partial charge in [0.2, 0.25) is 5.95 Å². The van der Waals surface area contributed by atoms with E-state index in [1.807, 2.05) is 0 Å². The molecule has 0 radical (unpaired) electrons. The summed E-state index contributed by atoms with van der Waals surface area (Å²) in [4.78, 5) is 13.6. The Morgan fingerprint density at radius 3 is 2.61 bits per heavy atom. The lowest BCUT2D eigenvalue weighted by molar-refractivity contribution is 0.169. The number of aromatic nitrogens is 2. The second-order valence-corrected chi connectivity index (χ2v) is 6.61. The lowest BCUT2D eigenvalue weighted by atomic mass is 9.78. The van der Waals surface area contributed by atoms with Crippen LogP contribution >= 0.6 is 0 Å². The molecule has 4 N–H and O–H groups in total. The molecule has 2 aliphatic rings. The van der Waals surface area contributed by atoms with Gasteiger partial charge in [0.05, 0.1) is 5.69 Å². The van der Waals surface area contributed by atoms with E-state index < -0.39 is 0 Å². The Kier molecular flexibility index (Phi) is 5.30. The molecule has 2 heterocycles. The zero-order chi connectivity index (χ0) is 16.2. The van der Waals surface area contributed by atoms with Crippen LogP contribution in [-0.2, 0) is 4.74 Å². The van der Waals surface area contributed by atoms with Gasteiger partial charge in [-0.2, -0.15) is 4.98 Å². The van der Waals surface area contributed by atoms with E-state index in [2.05, 4.69) is 25.8 Å². The lowest BCUT2D eigenvalue weighted by Crippen LogP contribution is -2.47. The normalized spacial score (nSPS) is 25.4. The van der Waals surface area contributed by atoms with Gasteiger partial charge in [0, 0.05) is 64.5 Å². The van der Waals surface area contributed by atoms with Crippen molar-refractivity contribution >= 4 is 11.8 Å². The van der Waals surface area contributed by atoms with Crippen LogP contribution in [-0.4, -0.2) is 67.4 Å². The molecule has 0 atom stereocenters. The van der Waals surface area contributed by atoms with Crippen molar-refractivity contribution in [1.82, 2.24) is 14.9 Å². The van der Waals surface area contributed by atoms with Crippen LogP contribution in [0.4, 0.5) is 11.8 Å². The molecule has 2 fully saturated rings. The van der Waals surface area contributed by atoms with Crippen molar-refractivity contribution in [2.75, 3.05) is 57.1 Å². The molecule has 1 aromatic rings. The summed E-state index contributed by atoms with van der Waals surface area (Å²) in [5.41, 5.74) is 12.9. The van der Waals surface area contributed by atoms with Crippen LogP contribution < -0.4 is 16.4 Å². The molecule has 1 aliphatic heterocycles. The summed E-state index contributed by atoms with van der Waals surface area (Å²) in [7, 11) is 1.75. The topological polar surface area (TPSA) is 93.5 Å². The molecule has 1 aliphatic carbocycles. The van der Waals surface area contributed by atoms with E-state index in [0.29, 0.717) is 17.9 Å². The second-order valence-electron chi connectivity index (χ2n) is 6.61. The number of anilines is 2. The molecule has 0 bridgehead atoms. The highest BCUT2D eigenvalue weighted by Gasteiger charge is 2.29. The maximum absolute atomic E-state index is 5.92. The van der Waals surface area contributed by atoms with Crippen molar-refractivity contribution in [2.24, 2.45) is 5.73 Å². The van der Waals surface area contributed by atoms with E-state index in [-0.39, 0.29) is 0 Å². The number of hydrogen-bond acceptors (Lipinski definition) is 7. The highest BCUT2D eigenvalue weighted by molar-refractivity contribution is 5.45. The monoisotopic (exact) mass is 320 g/mol. The van der Waals surface area contributed by atoms with Crippen molar-refractivity contribution < 1.29 is 4.74 Å². The quantitative estimate of drug-likeness (QED) is 0.734. The van der Waals surface area contributed by atoms with Crippen molar-refractivity contribution in [3.63, 3.8) is 0 Å². The first kappa shape index (κ1) is 16.4. The highest BCUT2D eigenvalue weighted by atomic mass is 16.5. The van der Waals surface area contributed by atoms with Crippen LogP contribution in [0.1, 0.15) is 30.9 Å². The van der Waals surface area contributed by atoms with E-state index in [1.165, 1.54) is 0 Å². The zero-order valence-electron chi connectivity index (χ0n) is 13.9. The minimum Gasteiger partial charge on any atom is -0.385 e. The summed E-state index contributed by atoms with van der Waals surface area (Å²) in [6, 6.07) is 2.42. The van der Waals surface area contributed by atoms with Crippen LogP contribution in [0.25, 0.3) is 0 Å². The minimum absolute atomic E-state index is 0.315. The second kappa shape index (κ2) is 7.42. The standard InChI is InChI=1S/C16H28N6O/c1-23-8-2-3-21-4-6-22(7-5-21)15-11-14(19-16(18)20-15)12-9-13(17)10-12/h11-13H,2-10,17H2,1H3,(H2,18,19,20). The Morgan fingerprint density at radius 1 is 1.22 bits per heavy atom. The average molecular weight is 320 g/mol. The van der Waals surface area contributed by atoms with E-state index in [1.54, 1.807) is 7.11 Å². The van der Waals surface area contributed by atoms with Crippen LogP contribution in [0.15, 0.2) is 6.07 Å². The van der Waals surface area contributed by atoms with Gasteiger partial charge < -0.3 is 21.1 Å². The van der Waals surface area contributed by atoms with Crippen molar-refractivity contribution in [3.8, 4) is 0 Å². The van der Waals surface area contributed by atoms with Crippen LogP contribution in [0.3, 0.4) is 0 Å². The minimum atomic E-state index is 0.315. The lowest BCUT2D eigenvalue weighted by Gasteiger charge is -2.36. The fourth-order valence-electron chi connectivity index (χ4n) is 3.38. The third-order valence-electron chi connectivity index (χ3n) is 4.86. The molecular formula is C16H28N6O. The summed E-state index contributed by atoms with van der Waals surface area (Å²) < 4.78 is 5.12. The molecular weight excluding hydrogens is 292 g/mol. The molecule has 7 heteroatoms. The Balaban J connectivity index is 1.57. The summed E-state index contributed by atoms with van der Waals surface area (Å²) in [5.74, 6) is 1.79. The first-order chi connectivity index (χ1) is 11.2. The number of methoxy groups -OCH3 is 1. The molecule has 23 heavy (non-hydrogen) atoms. The van der Waals surface area contributed by atoms with E-state index in [9.17, 15) is 0 Å². The maximum atomic E-state index is 5.92. The molecule has 0 aromatic carbocycles. The number of rotatable bonds is 6. The van der Waals surface area contributed by atoms with E-state index in [4.69, 9.17) is 16.2 Å². The van der Waals surface area contributed by atoms with E-state index in [0.717, 1.165) is 70.1 Å². The number of piperazine rings is 1. The van der Waals surface area contributed by atoms with Crippen molar-refractivity contribution in [3.05, 3.63) is 11.8 Å². The molecule has 128 valence electrons. The van der Waals surface area contributed by atoms with Crippen molar-refractivity contribution in [2.45, 2.75) is 31.2 Å². The Hall–Kier alpha value is -1.44. The van der Waals surface area contributed by atoms with Gasteiger partial charge in [-0.25, -0.2) is 4.98 Å². The van der Waals surface area contributed by atoms with Gasteiger partial charge in [-0.15, -0.1) is 0 Å². The number of nitrogens with two attached hydrogens (primary N) is 2. The largest absolute Gasteiger partial charge is 0.385 e. The molecule has 1 saturated carbocycles. The predicted molar refractivity (Wildman–Crippen MR) is 91.5 cm³/mol. The van der Waals surface area contributed by atoms with Crippen LogP contribution in [0, 0.1) is 0 Å². The van der Waals surface area contributed by atoms with Gasteiger partial charge in [-0.05, 0) is 19.3 Å². The number of nitrogen functional groups attached to an aromatic ring is 1. The Labute approximate surface area is 138 Å². The summed E-state index contributed by atoms with van der Waals surface area (Å²) in [5, 5.41) is 0. The average Bonchev–Trinajstić information content (AvgIpc) is 2.52. The van der Waals surface area contributed by atoms with Gasteiger partial charge in [-0.3, -0.25) is 4.90 Å². The summed E-state index contributed by atoms with van der Waals surface area (Å²) in [6.07, 6.45) is 3.09. The highest BCUT2D eigenvalue weighted by Crippen LogP contribution is 2.35. The maximum Gasteiger partial charge on any atom is 0.222 e. The van der Waals surface area contributed by atoms with Gasteiger partial charge in [0.15, 0.2) is 0 Å². The Morgan fingerprint density at radius 2 is 1.96 bits per heavy atom. The molecule has 0 spiro atoms. The molecule has 0 amide bonds. The number of ether oxygens (including phenoxy) is 1. The number of hydrogen-bond donors (Lipinski definition) is 2. The fraction of sp³-hybridized carbons (Fsp3) is 0.750.